The monoisotopic (exact) mass is 290 g/mol. The van der Waals surface area contributed by atoms with E-state index in [2.05, 4.69) is 4.98 Å². The summed E-state index contributed by atoms with van der Waals surface area (Å²) in [5.74, 6) is -1.07. The fourth-order valence-corrected chi connectivity index (χ4v) is 2.08. The zero-order chi connectivity index (χ0) is 15.6. The second-order valence-electron chi connectivity index (χ2n) is 5.18. The number of fused-ring (bicyclic) bond motifs is 1. The van der Waals surface area contributed by atoms with E-state index in [0.29, 0.717) is 11.1 Å². The molecule has 0 spiro atoms. The van der Waals surface area contributed by atoms with Crippen molar-refractivity contribution in [2.45, 2.75) is 33.2 Å². The van der Waals surface area contributed by atoms with Crippen LogP contribution in [-0.4, -0.2) is 39.5 Å². The Hall–Kier alpha value is -2.37. The number of aryl methyl sites for hydroxylation is 1. The minimum Gasteiger partial charge on any atom is -0.481 e. The van der Waals surface area contributed by atoms with Gasteiger partial charge in [-0.15, -0.1) is 0 Å². The van der Waals surface area contributed by atoms with Crippen LogP contribution in [0.2, 0.25) is 0 Å². The summed E-state index contributed by atoms with van der Waals surface area (Å²) >= 11 is 0. The van der Waals surface area contributed by atoms with Crippen molar-refractivity contribution in [1.29, 1.82) is 0 Å². The van der Waals surface area contributed by atoms with Crippen LogP contribution in [0.5, 0.6) is 0 Å². The summed E-state index contributed by atoms with van der Waals surface area (Å²) in [6.07, 6.45) is -0.0957. The molecule has 2 rings (SSSR count). The second-order valence-corrected chi connectivity index (χ2v) is 5.18. The average molecular weight is 290 g/mol. The summed E-state index contributed by atoms with van der Waals surface area (Å²) in [5.41, 5.74) is 2.01. The molecule has 0 radical (unpaired) electrons. The van der Waals surface area contributed by atoms with E-state index in [1.807, 2.05) is 26.8 Å². The van der Waals surface area contributed by atoms with Crippen molar-refractivity contribution >= 4 is 23.0 Å². The van der Waals surface area contributed by atoms with Crippen molar-refractivity contribution in [2.24, 2.45) is 0 Å². The number of amides is 1. The normalized spacial score (nSPS) is 11.0. The molecule has 21 heavy (non-hydrogen) atoms. The molecule has 0 unspecified atom stereocenters. The third-order valence-corrected chi connectivity index (χ3v) is 3.17. The molecule has 0 aliphatic heterocycles. The maximum atomic E-state index is 12.5. The SMILES string of the molecule is Cc1ccc2oc(C(=O)N(CCC(=O)O)C(C)C)cc2n1. The Kier molecular flexibility index (Phi) is 4.26. The van der Waals surface area contributed by atoms with Gasteiger partial charge in [-0.2, -0.15) is 0 Å². The molecule has 0 aromatic carbocycles. The van der Waals surface area contributed by atoms with Gasteiger partial charge in [0.2, 0.25) is 0 Å². The van der Waals surface area contributed by atoms with Crippen molar-refractivity contribution in [3.05, 3.63) is 29.7 Å². The standard InChI is InChI=1S/C15H18N2O4/c1-9(2)17(7-6-14(18)19)15(20)13-8-11-12(21-13)5-4-10(3)16-11/h4-5,8-9H,6-7H2,1-3H3,(H,18,19). The highest BCUT2D eigenvalue weighted by molar-refractivity contribution is 5.95. The van der Waals surface area contributed by atoms with E-state index >= 15 is 0 Å². The Morgan fingerprint density at radius 3 is 2.71 bits per heavy atom. The van der Waals surface area contributed by atoms with Crippen molar-refractivity contribution in [3.63, 3.8) is 0 Å². The Morgan fingerprint density at radius 2 is 2.10 bits per heavy atom. The van der Waals surface area contributed by atoms with E-state index < -0.39 is 5.97 Å². The number of rotatable bonds is 5. The molecule has 2 aromatic rings. The maximum absolute atomic E-state index is 12.5. The fraction of sp³-hybridized carbons (Fsp3) is 0.400. The quantitative estimate of drug-likeness (QED) is 0.914. The topological polar surface area (TPSA) is 83.6 Å². The molecule has 0 saturated heterocycles. The summed E-state index contributed by atoms with van der Waals surface area (Å²) in [6, 6.07) is 5.07. The molecule has 2 heterocycles. The first-order chi connectivity index (χ1) is 9.88. The predicted molar refractivity (Wildman–Crippen MR) is 77.2 cm³/mol. The first-order valence-corrected chi connectivity index (χ1v) is 6.78. The number of furan rings is 1. The number of pyridine rings is 1. The Morgan fingerprint density at radius 1 is 1.38 bits per heavy atom. The van der Waals surface area contributed by atoms with E-state index in [4.69, 9.17) is 9.52 Å². The number of carbonyl (C=O) groups is 2. The first kappa shape index (κ1) is 15.0. The zero-order valence-corrected chi connectivity index (χ0v) is 12.3. The lowest BCUT2D eigenvalue weighted by molar-refractivity contribution is -0.137. The summed E-state index contributed by atoms with van der Waals surface area (Å²) in [7, 11) is 0. The lowest BCUT2D eigenvalue weighted by Gasteiger charge is -2.24. The van der Waals surface area contributed by atoms with Gasteiger partial charge < -0.3 is 14.4 Å². The van der Waals surface area contributed by atoms with Crippen molar-refractivity contribution in [2.75, 3.05) is 6.54 Å². The predicted octanol–water partition coefficient (Wildman–Crippen LogP) is 2.46. The molecule has 6 heteroatoms. The summed E-state index contributed by atoms with van der Waals surface area (Å²) in [6.45, 7) is 5.69. The molecule has 0 aliphatic carbocycles. The number of hydrogen-bond donors (Lipinski definition) is 1. The molecule has 0 aliphatic rings. The van der Waals surface area contributed by atoms with E-state index in [-0.39, 0.29) is 30.7 Å². The van der Waals surface area contributed by atoms with Crippen molar-refractivity contribution in [1.82, 2.24) is 9.88 Å². The molecule has 0 fully saturated rings. The van der Waals surface area contributed by atoms with E-state index in [0.717, 1.165) is 5.69 Å². The summed E-state index contributed by atoms with van der Waals surface area (Å²) in [4.78, 5) is 28.9. The lowest BCUT2D eigenvalue weighted by atomic mass is 10.2. The van der Waals surface area contributed by atoms with Crippen LogP contribution in [0.3, 0.4) is 0 Å². The minimum atomic E-state index is -0.935. The Labute approximate surface area is 122 Å². The third kappa shape index (κ3) is 3.39. The van der Waals surface area contributed by atoms with Crippen LogP contribution in [-0.2, 0) is 4.79 Å². The number of carboxylic acids is 1. The fourth-order valence-electron chi connectivity index (χ4n) is 2.08. The molecular formula is C15H18N2O4. The van der Waals surface area contributed by atoms with Gasteiger partial charge in [-0.3, -0.25) is 9.59 Å². The van der Waals surface area contributed by atoms with E-state index in [1.54, 1.807) is 12.1 Å². The van der Waals surface area contributed by atoms with Crippen LogP contribution in [0, 0.1) is 6.92 Å². The maximum Gasteiger partial charge on any atom is 0.305 e. The number of aliphatic carboxylic acids is 1. The van der Waals surface area contributed by atoms with Gasteiger partial charge >= 0.3 is 5.97 Å². The van der Waals surface area contributed by atoms with Crippen LogP contribution < -0.4 is 0 Å². The number of carboxylic acid groups (broad SMARTS) is 1. The van der Waals surface area contributed by atoms with Crippen molar-refractivity contribution in [3.8, 4) is 0 Å². The van der Waals surface area contributed by atoms with E-state index in [9.17, 15) is 9.59 Å². The summed E-state index contributed by atoms with van der Waals surface area (Å²) < 4.78 is 5.52. The second kappa shape index (κ2) is 5.95. The van der Waals surface area contributed by atoms with Gasteiger partial charge in [-0.1, -0.05) is 0 Å². The van der Waals surface area contributed by atoms with Gasteiger partial charge in [0.25, 0.3) is 5.91 Å². The van der Waals surface area contributed by atoms with Gasteiger partial charge in [0.1, 0.15) is 5.52 Å². The molecule has 6 nitrogen and oxygen atoms in total. The largest absolute Gasteiger partial charge is 0.481 e. The van der Waals surface area contributed by atoms with Crippen LogP contribution in [0.4, 0.5) is 0 Å². The van der Waals surface area contributed by atoms with Crippen LogP contribution in [0.15, 0.2) is 22.6 Å². The van der Waals surface area contributed by atoms with Gasteiger partial charge in [0, 0.05) is 24.3 Å². The van der Waals surface area contributed by atoms with Crippen molar-refractivity contribution < 1.29 is 19.1 Å². The highest BCUT2D eigenvalue weighted by Crippen LogP contribution is 2.20. The molecular weight excluding hydrogens is 272 g/mol. The smallest absolute Gasteiger partial charge is 0.305 e. The highest BCUT2D eigenvalue weighted by Gasteiger charge is 2.23. The molecule has 1 N–H and O–H groups in total. The first-order valence-electron chi connectivity index (χ1n) is 6.78. The minimum absolute atomic E-state index is 0.0957. The molecule has 112 valence electrons. The molecule has 1 amide bonds. The van der Waals surface area contributed by atoms with Crippen LogP contribution in [0.25, 0.3) is 11.1 Å². The zero-order valence-electron chi connectivity index (χ0n) is 12.3. The third-order valence-electron chi connectivity index (χ3n) is 3.17. The molecule has 0 bridgehead atoms. The number of hydrogen-bond acceptors (Lipinski definition) is 4. The lowest BCUT2D eigenvalue weighted by Crippen LogP contribution is -2.38. The number of nitrogens with zero attached hydrogens (tertiary/aromatic N) is 2. The van der Waals surface area contributed by atoms with Crippen LogP contribution in [0.1, 0.15) is 36.5 Å². The molecule has 0 saturated carbocycles. The highest BCUT2D eigenvalue weighted by atomic mass is 16.4. The summed E-state index contributed by atoms with van der Waals surface area (Å²) in [5, 5.41) is 8.77. The number of aromatic nitrogens is 1. The Balaban J connectivity index is 2.27. The number of carbonyl (C=O) groups excluding carboxylic acids is 1. The Bertz CT molecular complexity index is 675. The van der Waals surface area contributed by atoms with Crippen LogP contribution >= 0.6 is 0 Å². The van der Waals surface area contributed by atoms with Gasteiger partial charge in [0.05, 0.1) is 6.42 Å². The van der Waals surface area contributed by atoms with Gasteiger partial charge in [-0.25, -0.2) is 4.98 Å². The van der Waals surface area contributed by atoms with Gasteiger partial charge in [0.15, 0.2) is 11.3 Å². The van der Waals surface area contributed by atoms with E-state index in [1.165, 1.54) is 4.90 Å². The average Bonchev–Trinajstić information content (AvgIpc) is 2.80. The molecule has 0 atom stereocenters. The molecule has 2 aromatic heterocycles. The van der Waals surface area contributed by atoms with Gasteiger partial charge in [-0.05, 0) is 32.9 Å².